The van der Waals surface area contributed by atoms with Gasteiger partial charge in [0, 0.05) is 36.5 Å². The lowest BCUT2D eigenvalue weighted by atomic mass is 9.98. The largest absolute Gasteiger partial charge is 0.342 e. The Morgan fingerprint density at radius 1 is 1.45 bits per heavy atom. The van der Waals surface area contributed by atoms with Crippen molar-refractivity contribution in [1.82, 2.24) is 24.9 Å². The predicted octanol–water partition coefficient (Wildman–Crippen LogP) is 2.15. The van der Waals surface area contributed by atoms with Gasteiger partial charge >= 0.3 is 0 Å². The van der Waals surface area contributed by atoms with Crippen LogP contribution in [0.25, 0.3) is 0 Å². The van der Waals surface area contributed by atoms with Gasteiger partial charge in [-0.2, -0.15) is 0 Å². The van der Waals surface area contributed by atoms with Crippen molar-refractivity contribution in [2.75, 3.05) is 13.1 Å². The molecule has 0 radical (unpaired) electrons. The molecule has 2 aromatic rings. The Labute approximate surface area is 134 Å². The van der Waals surface area contributed by atoms with E-state index in [-0.39, 0.29) is 5.91 Å². The van der Waals surface area contributed by atoms with Crippen molar-refractivity contribution < 1.29 is 4.79 Å². The van der Waals surface area contributed by atoms with E-state index < -0.39 is 0 Å². The summed E-state index contributed by atoms with van der Waals surface area (Å²) in [5.74, 6) is 0.590. The molecule has 6 nitrogen and oxygen atoms in total. The Morgan fingerprint density at radius 2 is 2.32 bits per heavy atom. The number of amides is 1. The highest BCUT2D eigenvalue weighted by Crippen LogP contribution is 2.31. The summed E-state index contributed by atoms with van der Waals surface area (Å²) in [4.78, 5) is 20.3. The van der Waals surface area contributed by atoms with Crippen molar-refractivity contribution in [2.45, 2.75) is 45.6 Å². The molecule has 0 bridgehead atoms. The summed E-state index contributed by atoms with van der Waals surface area (Å²) in [6.45, 7) is 6.41. The van der Waals surface area contributed by atoms with Crippen LogP contribution in [0.15, 0.2) is 12.4 Å². The van der Waals surface area contributed by atoms with E-state index in [0.29, 0.717) is 18.9 Å². The standard InChI is InChI=1S/C15H21N5OS/c1-11-12(2)22-15(17-11)13-4-3-7-19(10-13)14(21)5-8-20-9-6-16-18-20/h6,9,13H,3-5,7-8,10H2,1-2H3/t13-/m1/s1. The molecule has 118 valence electrons. The van der Waals surface area contributed by atoms with E-state index in [9.17, 15) is 4.79 Å². The van der Waals surface area contributed by atoms with E-state index in [1.807, 2.05) is 4.90 Å². The van der Waals surface area contributed by atoms with Crippen LogP contribution in [0.4, 0.5) is 0 Å². The second kappa shape index (κ2) is 6.56. The third-order valence-corrected chi connectivity index (χ3v) is 5.43. The van der Waals surface area contributed by atoms with E-state index >= 15 is 0 Å². The molecule has 0 spiro atoms. The van der Waals surface area contributed by atoms with Crippen molar-refractivity contribution in [3.8, 4) is 0 Å². The van der Waals surface area contributed by atoms with Gasteiger partial charge in [0.15, 0.2) is 0 Å². The maximum Gasteiger partial charge on any atom is 0.224 e. The fourth-order valence-corrected chi connectivity index (χ4v) is 3.85. The number of aryl methyl sites for hydroxylation is 3. The number of hydrogen-bond acceptors (Lipinski definition) is 5. The van der Waals surface area contributed by atoms with Crippen LogP contribution in [-0.4, -0.2) is 43.9 Å². The molecule has 2 aromatic heterocycles. The summed E-state index contributed by atoms with van der Waals surface area (Å²) in [5, 5.41) is 8.84. The monoisotopic (exact) mass is 319 g/mol. The van der Waals surface area contributed by atoms with Gasteiger partial charge in [0.05, 0.1) is 23.4 Å². The van der Waals surface area contributed by atoms with Gasteiger partial charge in [-0.05, 0) is 26.7 Å². The third kappa shape index (κ3) is 3.35. The van der Waals surface area contributed by atoms with Crippen LogP contribution in [0.1, 0.15) is 40.8 Å². The van der Waals surface area contributed by atoms with E-state index in [1.165, 1.54) is 9.88 Å². The number of likely N-dealkylation sites (tertiary alicyclic amines) is 1. The molecular formula is C15H21N5OS. The highest BCUT2D eigenvalue weighted by atomic mass is 32.1. The fourth-order valence-electron chi connectivity index (χ4n) is 2.80. The second-order valence-corrected chi connectivity index (χ2v) is 7.02. The van der Waals surface area contributed by atoms with E-state index in [0.717, 1.165) is 31.6 Å². The summed E-state index contributed by atoms with van der Waals surface area (Å²) in [7, 11) is 0. The van der Waals surface area contributed by atoms with E-state index in [2.05, 4.69) is 29.1 Å². The molecular weight excluding hydrogens is 298 g/mol. The van der Waals surface area contributed by atoms with Crippen LogP contribution in [0.3, 0.4) is 0 Å². The molecule has 1 aliphatic heterocycles. The molecule has 0 aromatic carbocycles. The van der Waals surface area contributed by atoms with Crippen molar-refractivity contribution in [3.63, 3.8) is 0 Å². The molecule has 0 saturated carbocycles. The number of hydrogen-bond donors (Lipinski definition) is 0. The molecule has 1 atom stereocenters. The summed E-state index contributed by atoms with van der Waals surface area (Å²) < 4.78 is 1.70. The highest BCUT2D eigenvalue weighted by Gasteiger charge is 2.26. The van der Waals surface area contributed by atoms with E-state index in [4.69, 9.17) is 0 Å². The summed E-state index contributed by atoms with van der Waals surface area (Å²) >= 11 is 1.77. The van der Waals surface area contributed by atoms with Gasteiger partial charge in [-0.3, -0.25) is 9.48 Å². The number of piperidine rings is 1. The minimum Gasteiger partial charge on any atom is -0.342 e. The Morgan fingerprint density at radius 3 is 3.00 bits per heavy atom. The summed E-state index contributed by atoms with van der Waals surface area (Å²) in [6.07, 6.45) is 6.07. The molecule has 7 heteroatoms. The molecule has 0 aliphatic carbocycles. The number of carbonyl (C=O) groups is 1. The van der Waals surface area contributed by atoms with Crippen molar-refractivity contribution >= 4 is 17.2 Å². The topological polar surface area (TPSA) is 63.9 Å². The first-order chi connectivity index (χ1) is 10.6. The van der Waals surface area contributed by atoms with Gasteiger partial charge in [-0.1, -0.05) is 5.21 Å². The molecule has 22 heavy (non-hydrogen) atoms. The summed E-state index contributed by atoms with van der Waals surface area (Å²) in [5.41, 5.74) is 1.12. The van der Waals surface area contributed by atoms with Crippen LogP contribution in [0, 0.1) is 13.8 Å². The van der Waals surface area contributed by atoms with Crippen molar-refractivity contribution in [2.24, 2.45) is 0 Å². The van der Waals surface area contributed by atoms with Gasteiger partial charge in [0.2, 0.25) is 5.91 Å². The zero-order valence-corrected chi connectivity index (χ0v) is 13.8. The molecule has 1 fully saturated rings. The van der Waals surface area contributed by atoms with E-state index in [1.54, 1.807) is 28.4 Å². The molecule has 0 N–H and O–H groups in total. The lowest BCUT2D eigenvalue weighted by Gasteiger charge is -2.32. The number of thiazole rings is 1. The number of nitrogens with zero attached hydrogens (tertiary/aromatic N) is 5. The molecule has 1 aliphatic rings. The Bertz CT molecular complexity index is 617. The van der Waals surface area contributed by atoms with Crippen molar-refractivity contribution in [1.29, 1.82) is 0 Å². The first-order valence-corrected chi connectivity index (χ1v) is 8.51. The highest BCUT2D eigenvalue weighted by molar-refractivity contribution is 7.11. The quantitative estimate of drug-likeness (QED) is 0.866. The average Bonchev–Trinajstić information content (AvgIpc) is 3.16. The van der Waals surface area contributed by atoms with Crippen LogP contribution >= 0.6 is 11.3 Å². The van der Waals surface area contributed by atoms with Gasteiger partial charge in [-0.15, -0.1) is 16.4 Å². The SMILES string of the molecule is Cc1nc([C@@H]2CCCN(C(=O)CCn3ccnn3)C2)sc1C. The van der Waals surface area contributed by atoms with Gasteiger partial charge in [0.1, 0.15) is 0 Å². The Kier molecular flexibility index (Phi) is 4.52. The number of carbonyl (C=O) groups excluding carboxylic acids is 1. The third-order valence-electron chi connectivity index (χ3n) is 4.20. The molecule has 3 rings (SSSR count). The second-order valence-electron chi connectivity index (χ2n) is 5.79. The van der Waals surface area contributed by atoms with Gasteiger partial charge in [0.25, 0.3) is 0 Å². The van der Waals surface area contributed by atoms with Crippen LogP contribution in [0.2, 0.25) is 0 Å². The Hall–Kier alpha value is -1.76. The van der Waals surface area contributed by atoms with Crippen LogP contribution < -0.4 is 0 Å². The maximum atomic E-state index is 12.4. The zero-order chi connectivity index (χ0) is 15.5. The first kappa shape index (κ1) is 15.1. The van der Waals surface area contributed by atoms with Crippen LogP contribution in [-0.2, 0) is 11.3 Å². The zero-order valence-electron chi connectivity index (χ0n) is 13.0. The normalized spacial score (nSPS) is 18.6. The maximum absolute atomic E-state index is 12.4. The summed E-state index contributed by atoms with van der Waals surface area (Å²) in [6, 6.07) is 0. The first-order valence-electron chi connectivity index (χ1n) is 7.69. The molecule has 3 heterocycles. The predicted molar refractivity (Wildman–Crippen MR) is 84.8 cm³/mol. The fraction of sp³-hybridized carbons (Fsp3) is 0.600. The van der Waals surface area contributed by atoms with Gasteiger partial charge < -0.3 is 4.90 Å². The minimum atomic E-state index is 0.199. The lowest BCUT2D eigenvalue weighted by Crippen LogP contribution is -2.39. The Balaban J connectivity index is 1.58. The smallest absolute Gasteiger partial charge is 0.224 e. The molecule has 1 saturated heterocycles. The molecule has 0 unspecified atom stereocenters. The van der Waals surface area contributed by atoms with Crippen molar-refractivity contribution in [3.05, 3.63) is 28.0 Å². The lowest BCUT2D eigenvalue weighted by molar-refractivity contribution is -0.132. The van der Waals surface area contributed by atoms with Crippen LogP contribution in [0.5, 0.6) is 0 Å². The minimum absolute atomic E-state index is 0.199. The molecule has 1 amide bonds. The van der Waals surface area contributed by atoms with Gasteiger partial charge in [-0.25, -0.2) is 4.98 Å². The average molecular weight is 319 g/mol. The number of rotatable bonds is 4. The number of aromatic nitrogens is 4.